The van der Waals surface area contributed by atoms with Crippen LogP contribution in [-0.2, 0) is 12.8 Å². The van der Waals surface area contributed by atoms with Gasteiger partial charge in [-0.05, 0) is 24.8 Å². The summed E-state index contributed by atoms with van der Waals surface area (Å²) in [4.78, 5) is 8.74. The Bertz CT molecular complexity index is 540. The van der Waals surface area contributed by atoms with Crippen LogP contribution in [0.25, 0.3) is 0 Å². The summed E-state index contributed by atoms with van der Waals surface area (Å²) in [6.07, 6.45) is 4.62. The van der Waals surface area contributed by atoms with Crippen LogP contribution in [-0.4, -0.2) is 23.1 Å². The van der Waals surface area contributed by atoms with E-state index in [1.54, 1.807) is 6.33 Å². The van der Waals surface area contributed by atoms with Gasteiger partial charge in [0.25, 0.3) is 0 Å². The van der Waals surface area contributed by atoms with Crippen LogP contribution < -0.4 is 10.6 Å². The van der Waals surface area contributed by atoms with E-state index in [1.807, 2.05) is 6.07 Å². The normalized spacial score (nSPS) is 10.4. The van der Waals surface area contributed by atoms with Gasteiger partial charge in [-0.2, -0.15) is 0 Å². The molecule has 1 heterocycles. The Labute approximate surface area is 127 Å². The van der Waals surface area contributed by atoms with E-state index in [9.17, 15) is 0 Å². The Morgan fingerprint density at radius 2 is 1.57 bits per heavy atom. The van der Waals surface area contributed by atoms with Gasteiger partial charge in [-0.1, -0.05) is 44.2 Å². The van der Waals surface area contributed by atoms with E-state index in [1.165, 1.54) is 11.1 Å². The number of aromatic nitrogens is 2. The molecule has 0 aliphatic rings. The molecule has 4 nitrogen and oxygen atoms in total. The fourth-order valence-electron chi connectivity index (χ4n) is 2.27. The summed E-state index contributed by atoms with van der Waals surface area (Å²) in [6, 6.07) is 10.5. The van der Waals surface area contributed by atoms with E-state index in [4.69, 9.17) is 0 Å². The second-order valence-corrected chi connectivity index (χ2v) is 4.99. The quantitative estimate of drug-likeness (QED) is 0.779. The van der Waals surface area contributed by atoms with Crippen LogP contribution in [0.1, 0.15) is 31.4 Å². The zero-order valence-electron chi connectivity index (χ0n) is 12.9. The summed E-state index contributed by atoms with van der Waals surface area (Å²) in [6.45, 7) is 6.10. The molecule has 0 atom stereocenters. The smallest absolute Gasteiger partial charge is 0.134 e. The van der Waals surface area contributed by atoms with E-state index in [-0.39, 0.29) is 0 Å². The van der Waals surface area contributed by atoms with Crippen molar-refractivity contribution in [3.8, 4) is 0 Å². The number of nitrogens with zero attached hydrogens (tertiary/aromatic N) is 2. The number of benzene rings is 1. The molecule has 2 aromatic rings. The molecule has 0 saturated heterocycles. The lowest BCUT2D eigenvalue weighted by molar-refractivity contribution is 0.938. The Kier molecular flexibility index (Phi) is 6.00. The number of rotatable bonds is 8. The van der Waals surface area contributed by atoms with Crippen molar-refractivity contribution < 1.29 is 0 Å². The summed E-state index contributed by atoms with van der Waals surface area (Å²) < 4.78 is 0. The van der Waals surface area contributed by atoms with Gasteiger partial charge in [0.15, 0.2) is 0 Å². The monoisotopic (exact) mass is 284 g/mol. The van der Waals surface area contributed by atoms with Crippen molar-refractivity contribution in [1.82, 2.24) is 9.97 Å². The first-order valence-electron chi connectivity index (χ1n) is 7.70. The van der Waals surface area contributed by atoms with E-state index >= 15 is 0 Å². The van der Waals surface area contributed by atoms with Crippen LogP contribution in [0, 0.1) is 0 Å². The van der Waals surface area contributed by atoms with Crippen molar-refractivity contribution >= 4 is 11.6 Å². The average Bonchev–Trinajstić information content (AvgIpc) is 2.54. The van der Waals surface area contributed by atoms with Crippen molar-refractivity contribution in [2.75, 3.05) is 23.7 Å². The Hall–Kier alpha value is -2.10. The maximum atomic E-state index is 4.39. The molecule has 2 N–H and O–H groups in total. The molecule has 0 bridgehead atoms. The van der Waals surface area contributed by atoms with E-state index in [2.05, 4.69) is 58.7 Å². The summed E-state index contributed by atoms with van der Waals surface area (Å²) in [5, 5.41) is 6.81. The molecule has 1 aromatic carbocycles. The average molecular weight is 284 g/mol. The van der Waals surface area contributed by atoms with Crippen LogP contribution in [0.3, 0.4) is 0 Å². The van der Waals surface area contributed by atoms with Gasteiger partial charge in [0.05, 0.1) is 0 Å². The minimum Gasteiger partial charge on any atom is -0.370 e. The fraction of sp³-hybridized carbons (Fsp3) is 0.412. The van der Waals surface area contributed by atoms with E-state index < -0.39 is 0 Å². The van der Waals surface area contributed by atoms with Gasteiger partial charge < -0.3 is 10.6 Å². The summed E-state index contributed by atoms with van der Waals surface area (Å²) in [5.74, 6) is 1.90. The second kappa shape index (κ2) is 8.25. The lowest BCUT2D eigenvalue weighted by atomic mass is 10.1. The molecule has 0 saturated carbocycles. The molecule has 4 heteroatoms. The van der Waals surface area contributed by atoms with Gasteiger partial charge >= 0.3 is 0 Å². The van der Waals surface area contributed by atoms with Crippen molar-refractivity contribution in [1.29, 1.82) is 0 Å². The van der Waals surface area contributed by atoms with Crippen LogP contribution in [0.5, 0.6) is 0 Å². The second-order valence-electron chi connectivity index (χ2n) is 4.99. The third kappa shape index (κ3) is 4.45. The van der Waals surface area contributed by atoms with Gasteiger partial charge in [0, 0.05) is 18.7 Å². The Morgan fingerprint density at radius 1 is 0.905 bits per heavy atom. The Balaban J connectivity index is 1.98. The van der Waals surface area contributed by atoms with Gasteiger partial charge in [-0.3, -0.25) is 0 Å². The third-order valence-electron chi connectivity index (χ3n) is 3.39. The largest absolute Gasteiger partial charge is 0.370 e. The molecule has 1 aromatic heterocycles. The molecule has 0 amide bonds. The number of hydrogen-bond acceptors (Lipinski definition) is 4. The van der Waals surface area contributed by atoms with Crippen molar-refractivity contribution in [3.63, 3.8) is 0 Å². The maximum absolute atomic E-state index is 4.39. The van der Waals surface area contributed by atoms with E-state index in [0.717, 1.165) is 44.0 Å². The number of nitrogens with one attached hydrogen (secondary N) is 2. The molecule has 0 unspecified atom stereocenters. The lowest BCUT2D eigenvalue weighted by Crippen LogP contribution is -2.12. The topological polar surface area (TPSA) is 49.8 Å². The summed E-state index contributed by atoms with van der Waals surface area (Å²) in [5.41, 5.74) is 2.50. The highest BCUT2D eigenvalue weighted by Crippen LogP contribution is 2.20. The van der Waals surface area contributed by atoms with Crippen molar-refractivity contribution in [2.45, 2.75) is 33.1 Å². The molecule has 0 fully saturated rings. The predicted octanol–water partition coefficient (Wildman–Crippen LogP) is 3.52. The van der Waals surface area contributed by atoms with Gasteiger partial charge in [0.1, 0.15) is 18.0 Å². The van der Waals surface area contributed by atoms with Crippen LogP contribution >= 0.6 is 0 Å². The molecular weight excluding hydrogens is 260 g/mol. The molecule has 0 aliphatic heterocycles. The van der Waals surface area contributed by atoms with Gasteiger partial charge in [0.2, 0.25) is 0 Å². The molecular formula is C17H24N4. The SMILES string of the molecule is CCCNc1ncnc(NCCc2ccccc2)c1CC. The zero-order valence-corrected chi connectivity index (χ0v) is 12.9. The number of hydrogen-bond donors (Lipinski definition) is 2. The van der Waals surface area contributed by atoms with Crippen molar-refractivity contribution in [2.24, 2.45) is 0 Å². The van der Waals surface area contributed by atoms with Crippen LogP contribution in [0.15, 0.2) is 36.7 Å². The molecule has 2 rings (SSSR count). The molecule has 21 heavy (non-hydrogen) atoms. The standard InChI is InChI=1S/C17H24N4/c1-3-11-18-16-15(4-2)17(21-13-20-16)19-12-10-14-8-6-5-7-9-14/h5-9,13H,3-4,10-12H2,1-2H3,(H2,18,19,20,21). The molecule has 0 aliphatic carbocycles. The summed E-state index contributed by atoms with van der Waals surface area (Å²) in [7, 11) is 0. The first-order valence-corrected chi connectivity index (χ1v) is 7.70. The minimum atomic E-state index is 0.876. The first kappa shape index (κ1) is 15.3. The fourth-order valence-corrected chi connectivity index (χ4v) is 2.27. The highest BCUT2D eigenvalue weighted by atomic mass is 15.1. The molecule has 0 spiro atoms. The van der Waals surface area contributed by atoms with Gasteiger partial charge in [-0.15, -0.1) is 0 Å². The third-order valence-corrected chi connectivity index (χ3v) is 3.39. The van der Waals surface area contributed by atoms with Crippen LogP contribution in [0.2, 0.25) is 0 Å². The number of anilines is 2. The first-order chi connectivity index (χ1) is 10.3. The Morgan fingerprint density at radius 3 is 2.19 bits per heavy atom. The highest BCUT2D eigenvalue weighted by molar-refractivity contribution is 5.57. The molecule has 0 radical (unpaired) electrons. The predicted molar refractivity (Wildman–Crippen MR) is 88.8 cm³/mol. The highest BCUT2D eigenvalue weighted by Gasteiger charge is 2.08. The van der Waals surface area contributed by atoms with E-state index in [0.29, 0.717) is 0 Å². The molecule has 112 valence electrons. The summed E-state index contributed by atoms with van der Waals surface area (Å²) >= 11 is 0. The van der Waals surface area contributed by atoms with Crippen LogP contribution in [0.4, 0.5) is 11.6 Å². The lowest BCUT2D eigenvalue weighted by Gasteiger charge is -2.14. The zero-order chi connectivity index (χ0) is 14.9. The van der Waals surface area contributed by atoms with Gasteiger partial charge in [-0.25, -0.2) is 9.97 Å². The minimum absolute atomic E-state index is 0.876. The maximum Gasteiger partial charge on any atom is 0.134 e. The van der Waals surface area contributed by atoms with Crippen molar-refractivity contribution in [3.05, 3.63) is 47.8 Å².